The van der Waals surface area contributed by atoms with Crippen LogP contribution in [0.3, 0.4) is 0 Å². The summed E-state index contributed by atoms with van der Waals surface area (Å²) in [5.74, 6) is 0.0448. The first kappa shape index (κ1) is 40.5. The maximum atomic E-state index is 8.54. The number of guanidine groups is 2. The van der Waals surface area contributed by atoms with Crippen molar-refractivity contribution >= 4 is 153 Å². The molecule has 8 N–H and O–H groups in total. The fraction of sp³-hybridized carbons (Fsp3) is 0.0189. The molecule has 0 bridgehead atoms. The molecule has 2 aliphatic heterocycles. The summed E-state index contributed by atoms with van der Waals surface area (Å²) >= 11 is 4.82. The number of anilines is 13. The number of fused-ring (bicyclic) bond motifs is 7. The standard InChI is InChI=1S/C53H40I2N10/c1-58-52(56)63-53(57)62-46-25-32-24-31(16-20-39(32)40-14-8-9-15-41(40)46)42-26-34(55)28-50-51(42)61-45-23-19-36(30-49(45)65(50)38-12-6-3-7-13-38)59-35-18-22-44-48(29-35)64(37-10-4-2-5-11-37)47-27-33(54)17-21-43(47)60-44/h2-30,59-61H,1H3,(H5,56,57,58,62,63). The van der Waals surface area contributed by atoms with Crippen molar-refractivity contribution in [1.82, 2.24) is 10.6 Å². The van der Waals surface area contributed by atoms with E-state index in [1.165, 1.54) is 3.57 Å². The van der Waals surface area contributed by atoms with E-state index in [1.54, 1.807) is 7.05 Å². The van der Waals surface area contributed by atoms with Gasteiger partial charge < -0.3 is 36.4 Å². The van der Waals surface area contributed by atoms with Crippen LogP contribution in [0.1, 0.15) is 0 Å². The summed E-state index contributed by atoms with van der Waals surface area (Å²) in [4.78, 5) is 4.68. The van der Waals surface area contributed by atoms with Gasteiger partial charge in [0.15, 0.2) is 11.9 Å². The lowest BCUT2D eigenvalue weighted by molar-refractivity contribution is 1.05. The van der Waals surface area contributed by atoms with Crippen LogP contribution in [0, 0.1) is 18.0 Å². The van der Waals surface area contributed by atoms with Gasteiger partial charge in [-0.05, 0) is 170 Å². The largest absolute Gasteiger partial charge is 0.359 e. The molecule has 0 aliphatic carbocycles. The van der Waals surface area contributed by atoms with E-state index in [0.29, 0.717) is 0 Å². The minimum Gasteiger partial charge on any atom is -0.359 e. The van der Waals surface area contributed by atoms with Crippen molar-refractivity contribution < 1.29 is 0 Å². The number of halogens is 2. The quantitative estimate of drug-likeness (QED) is 0.0358. The van der Waals surface area contributed by atoms with Crippen molar-refractivity contribution in [2.75, 3.05) is 38.1 Å². The third kappa shape index (κ3) is 7.57. The van der Waals surface area contributed by atoms with Crippen molar-refractivity contribution in [2.24, 2.45) is 0 Å². The number of rotatable bonds is 6. The predicted octanol–water partition coefficient (Wildman–Crippen LogP) is 14.8. The van der Waals surface area contributed by atoms with Crippen LogP contribution < -0.4 is 41.7 Å². The third-order valence-corrected chi connectivity index (χ3v) is 13.1. The van der Waals surface area contributed by atoms with E-state index < -0.39 is 0 Å². The van der Waals surface area contributed by atoms with E-state index in [9.17, 15) is 0 Å². The Bertz CT molecular complexity index is 3380. The van der Waals surface area contributed by atoms with E-state index >= 15 is 0 Å². The average Bonchev–Trinajstić information content (AvgIpc) is 3.32. The summed E-state index contributed by atoms with van der Waals surface area (Å²) in [5.41, 5.74) is 15.3. The van der Waals surface area contributed by atoms with Crippen LogP contribution in [0.2, 0.25) is 0 Å². The second-order valence-electron chi connectivity index (χ2n) is 15.8. The van der Waals surface area contributed by atoms with Gasteiger partial charge in [0.1, 0.15) is 0 Å². The van der Waals surface area contributed by atoms with Gasteiger partial charge in [-0.1, -0.05) is 72.8 Å². The van der Waals surface area contributed by atoms with Gasteiger partial charge in [0.25, 0.3) is 0 Å². The summed E-state index contributed by atoms with van der Waals surface area (Å²) in [7, 11) is 1.65. The molecule has 12 heteroatoms. The number of benzene rings is 9. The Labute approximate surface area is 403 Å². The zero-order chi connectivity index (χ0) is 44.2. The molecule has 316 valence electrons. The molecule has 0 amide bonds. The van der Waals surface area contributed by atoms with Crippen molar-refractivity contribution in [3.8, 4) is 11.1 Å². The van der Waals surface area contributed by atoms with Gasteiger partial charge in [0.05, 0.1) is 45.5 Å². The molecule has 2 aliphatic rings. The number of hydrogen-bond acceptors (Lipinski definition) is 7. The summed E-state index contributed by atoms with van der Waals surface area (Å²) in [6.07, 6.45) is 0. The maximum absolute atomic E-state index is 8.54. The first-order chi connectivity index (χ1) is 31.8. The number of nitrogens with zero attached hydrogens (tertiary/aromatic N) is 2. The highest BCUT2D eigenvalue weighted by molar-refractivity contribution is 14.1. The minimum atomic E-state index is 0.00887. The molecule has 0 aromatic heterocycles. The van der Waals surface area contributed by atoms with Gasteiger partial charge in [0, 0.05) is 53.6 Å². The summed E-state index contributed by atoms with van der Waals surface area (Å²) in [6, 6.07) is 62.0. The molecule has 65 heavy (non-hydrogen) atoms. The highest BCUT2D eigenvalue weighted by atomic mass is 127. The third-order valence-electron chi connectivity index (χ3n) is 11.8. The van der Waals surface area contributed by atoms with Crippen LogP contribution in [0.4, 0.5) is 73.9 Å². The Balaban J connectivity index is 0.978. The molecule has 9 aromatic rings. The lowest BCUT2D eigenvalue weighted by atomic mass is 9.94. The van der Waals surface area contributed by atoms with Crippen LogP contribution in [0.25, 0.3) is 32.7 Å². The highest BCUT2D eigenvalue weighted by Crippen LogP contribution is 2.54. The van der Waals surface area contributed by atoms with Gasteiger partial charge in [-0.25, -0.2) is 0 Å². The van der Waals surface area contributed by atoms with E-state index in [-0.39, 0.29) is 11.9 Å². The summed E-state index contributed by atoms with van der Waals surface area (Å²) in [6.45, 7) is 0. The summed E-state index contributed by atoms with van der Waals surface area (Å²) < 4.78 is 2.27. The Morgan fingerprint density at radius 3 is 1.77 bits per heavy atom. The van der Waals surface area contributed by atoms with Gasteiger partial charge in [-0.15, -0.1) is 0 Å². The highest BCUT2D eigenvalue weighted by Gasteiger charge is 2.29. The van der Waals surface area contributed by atoms with E-state index in [2.05, 4.69) is 251 Å². The van der Waals surface area contributed by atoms with Crippen molar-refractivity contribution in [3.05, 3.63) is 183 Å². The van der Waals surface area contributed by atoms with E-state index in [0.717, 1.165) is 110 Å². The van der Waals surface area contributed by atoms with Crippen molar-refractivity contribution in [1.29, 1.82) is 10.8 Å². The number of nitrogens with one attached hydrogen (secondary N) is 8. The molecule has 2 heterocycles. The Hall–Kier alpha value is -7.30. The maximum Gasteiger partial charge on any atom is 0.199 e. The molecule has 0 radical (unpaired) electrons. The number of hydrogen-bond donors (Lipinski definition) is 8. The average molecular weight is 1070 g/mol. The van der Waals surface area contributed by atoms with Crippen molar-refractivity contribution in [3.63, 3.8) is 0 Å². The number of para-hydroxylation sites is 2. The lowest BCUT2D eigenvalue weighted by Gasteiger charge is -2.36. The molecular formula is C53H40I2N10. The molecule has 0 unspecified atom stereocenters. The molecule has 0 spiro atoms. The molecule has 0 atom stereocenters. The van der Waals surface area contributed by atoms with Crippen LogP contribution in [0.15, 0.2) is 176 Å². The lowest BCUT2D eigenvalue weighted by Crippen LogP contribution is -2.41. The Kier molecular flexibility index (Phi) is 10.4. The van der Waals surface area contributed by atoms with Crippen LogP contribution in [0.5, 0.6) is 0 Å². The fourth-order valence-electron chi connectivity index (χ4n) is 8.88. The molecule has 11 rings (SSSR count). The zero-order valence-corrected chi connectivity index (χ0v) is 39.2. The molecule has 0 saturated carbocycles. The van der Waals surface area contributed by atoms with Gasteiger partial charge >= 0.3 is 0 Å². The second-order valence-corrected chi connectivity index (χ2v) is 18.3. The smallest absolute Gasteiger partial charge is 0.199 e. The summed E-state index contributed by atoms with van der Waals surface area (Å²) in [5, 5.41) is 40.7. The molecule has 9 aromatic carbocycles. The fourth-order valence-corrected chi connectivity index (χ4v) is 9.96. The first-order valence-corrected chi connectivity index (χ1v) is 23.2. The van der Waals surface area contributed by atoms with Crippen LogP contribution in [-0.2, 0) is 0 Å². The molecule has 0 saturated heterocycles. The molecular weight excluding hydrogens is 1030 g/mol. The predicted molar refractivity (Wildman–Crippen MR) is 289 cm³/mol. The molecule has 0 fully saturated rings. The Morgan fingerprint density at radius 1 is 0.508 bits per heavy atom. The van der Waals surface area contributed by atoms with Gasteiger partial charge in [0.2, 0.25) is 0 Å². The topological polar surface area (TPSA) is 126 Å². The second kappa shape index (κ2) is 16.7. The normalized spacial score (nSPS) is 12.2. The minimum absolute atomic E-state index is 0.00887. The van der Waals surface area contributed by atoms with E-state index in [1.807, 2.05) is 12.1 Å². The zero-order valence-electron chi connectivity index (χ0n) is 34.9. The van der Waals surface area contributed by atoms with E-state index in [4.69, 9.17) is 10.8 Å². The van der Waals surface area contributed by atoms with Gasteiger partial charge in [-0.3, -0.25) is 16.1 Å². The van der Waals surface area contributed by atoms with Crippen LogP contribution in [-0.4, -0.2) is 19.0 Å². The SMILES string of the molecule is CNC(=N)NC(=N)Nc1cc2cc(-c3cc(I)cc4c3Nc3ccc(Nc5ccc6c(c5)N(c5ccccc5)c5cc(I)ccc5N6)cc3N4c3ccccc3)ccc2c2ccccc12. The van der Waals surface area contributed by atoms with Crippen molar-refractivity contribution in [2.45, 2.75) is 0 Å². The van der Waals surface area contributed by atoms with Crippen LogP contribution >= 0.6 is 45.2 Å². The monoisotopic (exact) mass is 1070 g/mol. The molecule has 10 nitrogen and oxygen atoms in total. The van der Waals surface area contributed by atoms with Gasteiger partial charge in [-0.2, -0.15) is 0 Å². The Morgan fingerprint density at radius 2 is 1.09 bits per heavy atom. The first-order valence-electron chi connectivity index (χ1n) is 21.1.